The third kappa shape index (κ3) is 4.75. The van der Waals surface area contributed by atoms with Gasteiger partial charge in [-0.2, -0.15) is 0 Å². The minimum absolute atomic E-state index is 0.0921. The molecule has 0 saturated carbocycles. The molecule has 0 bridgehead atoms. The zero-order valence-electron chi connectivity index (χ0n) is 14.7. The van der Waals surface area contributed by atoms with Gasteiger partial charge in [0.1, 0.15) is 0 Å². The summed E-state index contributed by atoms with van der Waals surface area (Å²) in [7, 11) is 0. The normalized spacial score (nSPS) is 22.7. The van der Waals surface area contributed by atoms with Crippen molar-refractivity contribution < 1.29 is 4.74 Å². The van der Waals surface area contributed by atoms with Crippen molar-refractivity contribution in [3.8, 4) is 0 Å². The minimum atomic E-state index is 0.0921. The van der Waals surface area contributed by atoms with Crippen molar-refractivity contribution in [3.05, 3.63) is 30.1 Å². The fourth-order valence-electron chi connectivity index (χ4n) is 3.74. The molecule has 4 nitrogen and oxygen atoms in total. The predicted molar refractivity (Wildman–Crippen MR) is 93.3 cm³/mol. The van der Waals surface area contributed by atoms with Crippen LogP contribution in [0.4, 0.5) is 0 Å². The van der Waals surface area contributed by atoms with E-state index in [-0.39, 0.29) is 5.60 Å². The van der Waals surface area contributed by atoms with E-state index < -0.39 is 0 Å². The van der Waals surface area contributed by atoms with E-state index in [0.717, 1.165) is 32.2 Å². The zero-order valence-corrected chi connectivity index (χ0v) is 14.7. The highest BCUT2D eigenvalue weighted by atomic mass is 16.5. The molecule has 2 aliphatic heterocycles. The molecule has 3 rings (SSSR count). The van der Waals surface area contributed by atoms with Crippen LogP contribution >= 0.6 is 0 Å². The van der Waals surface area contributed by atoms with Gasteiger partial charge in [0.2, 0.25) is 0 Å². The molecule has 1 spiro atoms. The quantitative estimate of drug-likeness (QED) is 0.835. The molecule has 0 N–H and O–H groups in total. The third-order valence-electron chi connectivity index (χ3n) is 5.25. The Bertz CT molecular complexity index is 469. The molecule has 0 unspecified atom stereocenters. The molecule has 1 aromatic heterocycles. The van der Waals surface area contributed by atoms with Gasteiger partial charge >= 0.3 is 0 Å². The number of likely N-dealkylation sites (tertiary alicyclic amines) is 1. The summed E-state index contributed by atoms with van der Waals surface area (Å²) in [5, 5.41) is 0. The molecule has 4 heteroatoms. The number of piperidine rings is 1. The van der Waals surface area contributed by atoms with Crippen LogP contribution in [0.25, 0.3) is 0 Å². The summed E-state index contributed by atoms with van der Waals surface area (Å²) in [6, 6.07) is 4.20. The molecular formula is C19H31N3O. The van der Waals surface area contributed by atoms with Gasteiger partial charge in [-0.25, -0.2) is 0 Å². The van der Waals surface area contributed by atoms with Crippen LogP contribution in [0.3, 0.4) is 0 Å². The first-order chi connectivity index (χ1) is 11.2. The molecule has 0 radical (unpaired) electrons. The number of aromatic nitrogens is 1. The lowest BCUT2D eigenvalue weighted by Gasteiger charge is -2.47. The first kappa shape index (κ1) is 16.9. The van der Waals surface area contributed by atoms with E-state index in [0.29, 0.717) is 0 Å². The Balaban J connectivity index is 1.50. The van der Waals surface area contributed by atoms with Crippen molar-refractivity contribution in [2.75, 3.05) is 39.3 Å². The Labute approximate surface area is 140 Å². The maximum Gasteiger partial charge on any atom is 0.0833 e. The first-order valence-corrected chi connectivity index (χ1v) is 9.13. The summed E-state index contributed by atoms with van der Waals surface area (Å²) in [6.07, 6.45) is 7.48. The lowest BCUT2D eigenvalue weighted by molar-refractivity contribution is -0.137. The molecule has 1 aromatic rings. The number of nitrogens with zero attached hydrogens (tertiary/aromatic N) is 3. The number of rotatable bonds is 5. The lowest BCUT2D eigenvalue weighted by atomic mass is 9.89. The average molecular weight is 317 g/mol. The van der Waals surface area contributed by atoms with E-state index in [1.165, 1.54) is 44.5 Å². The smallest absolute Gasteiger partial charge is 0.0833 e. The second kappa shape index (κ2) is 7.73. The third-order valence-corrected chi connectivity index (χ3v) is 5.25. The van der Waals surface area contributed by atoms with Crippen LogP contribution in [0, 0.1) is 5.92 Å². The standard InChI is InChI=1S/C19H31N3O/c1-17(2)5-9-21-10-6-19(7-11-21)16-22(12-13-23-19)15-18-4-3-8-20-14-18/h3-4,8,14,17H,5-7,9-13,15-16H2,1-2H3. The van der Waals surface area contributed by atoms with Crippen molar-refractivity contribution >= 4 is 0 Å². The van der Waals surface area contributed by atoms with E-state index in [2.05, 4.69) is 34.7 Å². The summed E-state index contributed by atoms with van der Waals surface area (Å²) in [5.74, 6) is 0.798. The fraction of sp³-hybridized carbons (Fsp3) is 0.737. The number of hydrogen-bond acceptors (Lipinski definition) is 4. The molecule has 23 heavy (non-hydrogen) atoms. The Morgan fingerprint density at radius 2 is 2.04 bits per heavy atom. The summed E-state index contributed by atoms with van der Waals surface area (Å²) < 4.78 is 6.26. The zero-order chi connectivity index (χ0) is 16.1. The van der Waals surface area contributed by atoms with Gasteiger partial charge in [0.15, 0.2) is 0 Å². The van der Waals surface area contributed by atoms with Crippen LogP contribution in [0.2, 0.25) is 0 Å². The first-order valence-electron chi connectivity index (χ1n) is 9.13. The van der Waals surface area contributed by atoms with Crippen molar-refractivity contribution in [2.24, 2.45) is 5.92 Å². The van der Waals surface area contributed by atoms with Crippen LogP contribution < -0.4 is 0 Å². The van der Waals surface area contributed by atoms with Gasteiger partial charge in [0, 0.05) is 45.1 Å². The number of hydrogen-bond donors (Lipinski definition) is 0. The molecule has 3 heterocycles. The SMILES string of the molecule is CC(C)CCN1CCC2(CC1)CN(Cc1cccnc1)CCO2. The minimum Gasteiger partial charge on any atom is -0.372 e. The maximum atomic E-state index is 6.26. The molecule has 0 aromatic carbocycles. The Morgan fingerprint density at radius 1 is 1.22 bits per heavy atom. The highest BCUT2D eigenvalue weighted by Gasteiger charge is 2.39. The highest BCUT2D eigenvalue weighted by Crippen LogP contribution is 2.30. The van der Waals surface area contributed by atoms with Crippen molar-refractivity contribution in [1.29, 1.82) is 0 Å². The highest BCUT2D eigenvalue weighted by molar-refractivity contribution is 5.08. The second-order valence-electron chi connectivity index (χ2n) is 7.63. The molecule has 128 valence electrons. The molecule has 2 aliphatic rings. The van der Waals surface area contributed by atoms with E-state index >= 15 is 0 Å². The number of morpholine rings is 1. The van der Waals surface area contributed by atoms with Gasteiger partial charge in [-0.3, -0.25) is 9.88 Å². The van der Waals surface area contributed by atoms with Gasteiger partial charge < -0.3 is 9.64 Å². The van der Waals surface area contributed by atoms with Crippen molar-refractivity contribution in [2.45, 2.75) is 45.3 Å². The second-order valence-corrected chi connectivity index (χ2v) is 7.63. The lowest BCUT2D eigenvalue weighted by Crippen LogP contribution is -2.56. The van der Waals surface area contributed by atoms with E-state index in [4.69, 9.17) is 4.74 Å². The van der Waals surface area contributed by atoms with Crippen LogP contribution in [-0.2, 0) is 11.3 Å². The predicted octanol–water partition coefficient (Wildman–Crippen LogP) is 2.79. The summed E-state index contributed by atoms with van der Waals surface area (Å²) in [6.45, 7) is 12.2. The molecule has 0 aliphatic carbocycles. The van der Waals surface area contributed by atoms with Crippen LogP contribution in [0.15, 0.2) is 24.5 Å². The van der Waals surface area contributed by atoms with Gasteiger partial charge in [-0.15, -0.1) is 0 Å². The van der Waals surface area contributed by atoms with Crippen LogP contribution in [-0.4, -0.2) is 59.7 Å². The van der Waals surface area contributed by atoms with Crippen LogP contribution in [0.5, 0.6) is 0 Å². The van der Waals surface area contributed by atoms with Gasteiger partial charge in [0.05, 0.1) is 12.2 Å². The average Bonchev–Trinajstić information content (AvgIpc) is 2.55. The molecule has 2 fully saturated rings. The van der Waals surface area contributed by atoms with E-state index in [1.54, 1.807) is 0 Å². The monoisotopic (exact) mass is 317 g/mol. The summed E-state index contributed by atoms with van der Waals surface area (Å²) in [4.78, 5) is 9.40. The molecular weight excluding hydrogens is 286 g/mol. The number of ether oxygens (including phenoxy) is 1. The summed E-state index contributed by atoms with van der Waals surface area (Å²) >= 11 is 0. The van der Waals surface area contributed by atoms with E-state index in [1.807, 2.05) is 18.5 Å². The largest absolute Gasteiger partial charge is 0.372 e. The van der Waals surface area contributed by atoms with Gasteiger partial charge in [-0.05, 0) is 43.4 Å². The molecule has 2 saturated heterocycles. The topological polar surface area (TPSA) is 28.6 Å². The summed E-state index contributed by atoms with van der Waals surface area (Å²) in [5.41, 5.74) is 1.40. The Morgan fingerprint density at radius 3 is 2.74 bits per heavy atom. The fourth-order valence-corrected chi connectivity index (χ4v) is 3.74. The van der Waals surface area contributed by atoms with Gasteiger partial charge in [-0.1, -0.05) is 19.9 Å². The Hall–Kier alpha value is -0.970. The Kier molecular flexibility index (Phi) is 5.67. The van der Waals surface area contributed by atoms with Crippen molar-refractivity contribution in [3.63, 3.8) is 0 Å². The molecule has 0 amide bonds. The van der Waals surface area contributed by atoms with Crippen molar-refractivity contribution in [1.82, 2.24) is 14.8 Å². The van der Waals surface area contributed by atoms with Crippen LogP contribution in [0.1, 0.15) is 38.7 Å². The van der Waals surface area contributed by atoms with Gasteiger partial charge in [0.25, 0.3) is 0 Å². The maximum absolute atomic E-state index is 6.26. The number of pyridine rings is 1. The van der Waals surface area contributed by atoms with E-state index in [9.17, 15) is 0 Å². The molecule has 0 atom stereocenters.